The van der Waals surface area contributed by atoms with Gasteiger partial charge in [-0.1, -0.05) is 43.1 Å². The molecule has 1 nitrogen and oxygen atoms in total. The van der Waals surface area contributed by atoms with Gasteiger partial charge in [0.1, 0.15) is 0 Å². The van der Waals surface area contributed by atoms with Crippen LogP contribution >= 0.6 is 0 Å². The van der Waals surface area contributed by atoms with Crippen molar-refractivity contribution in [3.8, 4) is 0 Å². The van der Waals surface area contributed by atoms with Crippen molar-refractivity contribution in [3.63, 3.8) is 0 Å². The quantitative estimate of drug-likeness (QED) is 0.513. The smallest absolute Gasteiger partial charge is 0.0608 e. The highest BCUT2D eigenvalue weighted by Crippen LogP contribution is 2.45. The molecule has 4 rings (SSSR count). The van der Waals surface area contributed by atoms with E-state index in [4.69, 9.17) is 0 Å². The molecule has 152 valence electrons. The van der Waals surface area contributed by atoms with Crippen LogP contribution in [0.1, 0.15) is 96.8 Å². The Morgan fingerprint density at radius 1 is 0.926 bits per heavy atom. The lowest BCUT2D eigenvalue weighted by molar-refractivity contribution is 0.0462. The zero-order valence-corrected chi connectivity index (χ0v) is 17.6. The van der Waals surface area contributed by atoms with Crippen molar-refractivity contribution in [1.82, 2.24) is 0 Å². The maximum atomic E-state index is 10.8. The first kappa shape index (κ1) is 19.7. The minimum absolute atomic E-state index is 0.0529. The summed E-state index contributed by atoms with van der Waals surface area (Å²) in [5, 5.41) is 10.8. The van der Waals surface area contributed by atoms with E-state index in [9.17, 15) is 5.11 Å². The standard InChI is InChI=1S/C26H42O/c1-2-4-19-7-10-22(11-8-19)23-12-14-24(15-13-23)25-16-9-21(18-26(25)27)17-20-5-3-6-20/h2,4,14,19-23,25-27H,3,5-13,15-18H2,1H3/b4-2+. The van der Waals surface area contributed by atoms with Crippen molar-refractivity contribution in [2.24, 2.45) is 35.5 Å². The molecule has 3 saturated carbocycles. The van der Waals surface area contributed by atoms with Crippen LogP contribution in [0.5, 0.6) is 0 Å². The Morgan fingerprint density at radius 3 is 2.33 bits per heavy atom. The molecule has 0 aromatic rings. The zero-order valence-electron chi connectivity index (χ0n) is 17.6. The zero-order chi connectivity index (χ0) is 18.6. The lowest BCUT2D eigenvalue weighted by Crippen LogP contribution is -2.33. The lowest BCUT2D eigenvalue weighted by Gasteiger charge is -2.40. The van der Waals surface area contributed by atoms with Crippen LogP contribution in [0.15, 0.2) is 23.8 Å². The summed E-state index contributed by atoms with van der Waals surface area (Å²) in [6.45, 7) is 2.16. The molecule has 4 unspecified atom stereocenters. The molecule has 27 heavy (non-hydrogen) atoms. The minimum atomic E-state index is -0.0529. The van der Waals surface area contributed by atoms with E-state index >= 15 is 0 Å². The fraction of sp³-hybridized carbons (Fsp3) is 0.846. The van der Waals surface area contributed by atoms with Gasteiger partial charge in [0, 0.05) is 5.92 Å². The summed E-state index contributed by atoms with van der Waals surface area (Å²) in [7, 11) is 0. The first-order valence-corrected chi connectivity index (χ1v) is 12.2. The highest BCUT2D eigenvalue weighted by molar-refractivity contribution is 5.14. The van der Waals surface area contributed by atoms with Gasteiger partial charge in [-0.3, -0.25) is 0 Å². The monoisotopic (exact) mass is 370 g/mol. The Morgan fingerprint density at radius 2 is 1.74 bits per heavy atom. The van der Waals surface area contributed by atoms with Gasteiger partial charge in [0.25, 0.3) is 0 Å². The maximum Gasteiger partial charge on any atom is 0.0608 e. The van der Waals surface area contributed by atoms with E-state index in [2.05, 4.69) is 25.2 Å². The Balaban J connectivity index is 1.24. The second-order valence-corrected chi connectivity index (χ2v) is 10.4. The summed E-state index contributed by atoms with van der Waals surface area (Å²) in [4.78, 5) is 0. The topological polar surface area (TPSA) is 20.2 Å². The average Bonchev–Trinajstić information content (AvgIpc) is 2.66. The summed E-state index contributed by atoms with van der Waals surface area (Å²) < 4.78 is 0. The van der Waals surface area contributed by atoms with Crippen molar-refractivity contribution < 1.29 is 5.11 Å². The van der Waals surface area contributed by atoms with Crippen LogP contribution < -0.4 is 0 Å². The molecule has 0 aromatic carbocycles. The molecule has 4 atom stereocenters. The van der Waals surface area contributed by atoms with Gasteiger partial charge in [-0.15, -0.1) is 0 Å². The number of hydrogen-bond donors (Lipinski definition) is 1. The highest BCUT2D eigenvalue weighted by atomic mass is 16.3. The van der Waals surface area contributed by atoms with Gasteiger partial charge in [-0.25, -0.2) is 0 Å². The van der Waals surface area contributed by atoms with Crippen LogP contribution in [0.3, 0.4) is 0 Å². The third-order valence-corrected chi connectivity index (χ3v) is 8.73. The Bertz CT molecular complexity index is 520. The van der Waals surface area contributed by atoms with E-state index in [1.54, 1.807) is 5.57 Å². The SMILES string of the molecule is C/C=C/C1CCC(C2CC=C(C3CCC(CC4CCC4)CC3O)CC2)CC1. The van der Waals surface area contributed by atoms with Crippen LogP contribution in [0, 0.1) is 35.5 Å². The molecule has 0 radical (unpaired) electrons. The van der Waals surface area contributed by atoms with Gasteiger partial charge in [-0.05, 0) is 107 Å². The van der Waals surface area contributed by atoms with Crippen molar-refractivity contribution in [2.75, 3.05) is 0 Å². The van der Waals surface area contributed by atoms with Crippen LogP contribution in [0.25, 0.3) is 0 Å². The Labute approximate surface area is 167 Å². The summed E-state index contributed by atoms with van der Waals surface area (Å²) in [6.07, 6.45) is 26.3. The van der Waals surface area contributed by atoms with E-state index in [0.717, 1.165) is 36.0 Å². The molecule has 1 N–H and O–H groups in total. The second-order valence-electron chi connectivity index (χ2n) is 10.4. The molecule has 1 heteroatoms. The molecule has 3 fully saturated rings. The van der Waals surface area contributed by atoms with Crippen molar-refractivity contribution in [2.45, 2.75) is 103 Å². The number of allylic oxidation sites excluding steroid dienone is 3. The lowest BCUT2D eigenvalue weighted by atomic mass is 9.67. The molecule has 0 saturated heterocycles. The molecular weight excluding hydrogens is 328 g/mol. The summed E-state index contributed by atoms with van der Waals surface area (Å²) in [5.41, 5.74) is 1.63. The van der Waals surface area contributed by atoms with Crippen LogP contribution in [-0.2, 0) is 0 Å². The molecule has 0 spiro atoms. The molecule has 0 heterocycles. The predicted octanol–water partition coefficient (Wildman–Crippen LogP) is 7.06. The van der Waals surface area contributed by atoms with Gasteiger partial charge in [0.05, 0.1) is 6.10 Å². The molecule has 4 aliphatic rings. The van der Waals surface area contributed by atoms with E-state index < -0.39 is 0 Å². The number of aliphatic hydroxyl groups excluding tert-OH is 1. The average molecular weight is 371 g/mol. The number of aliphatic hydroxyl groups is 1. The largest absolute Gasteiger partial charge is 0.392 e. The predicted molar refractivity (Wildman–Crippen MR) is 114 cm³/mol. The van der Waals surface area contributed by atoms with Gasteiger partial charge < -0.3 is 5.11 Å². The van der Waals surface area contributed by atoms with Crippen LogP contribution in [0.2, 0.25) is 0 Å². The maximum absolute atomic E-state index is 10.8. The number of rotatable bonds is 5. The molecular formula is C26H42O. The molecule has 0 aromatic heterocycles. The van der Waals surface area contributed by atoms with E-state index in [0.29, 0.717) is 5.92 Å². The first-order chi connectivity index (χ1) is 13.2. The van der Waals surface area contributed by atoms with Crippen molar-refractivity contribution in [1.29, 1.82) is 0 Å². The summed E-state index contributed by atoms with van der Waals surface area (Å²) >= 11 is 0. The van der Waals surface area contributed by atoms with Crippen LogP contribution in [-0.4, -0.2) is 11.2 Å². The molecule has 0 aliphatic heterocycles. The van der Waals surface area contributed by atoms with Gasteiger partial charge in [-0.2, -0.15) is 0 Å². The Hall–Kier alpha value is -0.560. The highest BCUT2D eigenvalue weighted by Gasteiger charge is 2.35. The minimum Gasteiger partial charge on any atom is -0.392 e. The fourth-order valence-electron chi connectivity index (χ4n) is 6.80. The van der Waals surface area contributed by atoms with Crippen LogP contribution in [0.4, 0.5) is 0 Å². The third kappa shape index (κ3) is 4.89. The molecule has 0 amide bonds. The van der Waals surface area contributed by atoms with E-state index in [1.807, 2.05) is 0 Å². The van der Waals surface area contributed by atoms with Gasteiger partial charge in [0.15, 0.2) is 0 Å². The fourth-order valence-corrected chi connectivity index (χ4v) is 6.80. The van der Waals surface area contributed by atoms with Crippen molar-refractivity contribution >= 4 is 0 Å². The first-order valence-electron chi connectivity index (χ1n) is 12.2. The number of hydrogen-bond acceptors (Lipinski definition) is 1. The summed E-state index contributed by atoms with van der Waals surface area (Å²) in [6, 6.07) is 0. The third-order valence-electron chi connectivity index (χ3n) is 8.73. The van der Waals surface area contributed by atoms with Crippen molar-refractivity contribution in [3.05, 3.63) is 23.8 Å². The van der Waals surface area contributed by atoms with Gasteiger partial charge >= 0.3 is 0 Å². The normalized spacial score (nSPS) is 41.3. The molecule has 0 bridgehead atoms. The second kappa shape index (κ2) is 9.29. The van der Waals surface area contributed by atoms with E-state index in [1.165, 1.54) is 83.5 Å². The van der Waals surface area contributed by atoms with Gasteiger partial charge in [0.2, 0.25) is 0 Å². The molecule has 4 aliphatic carbocycles. The summed E-state index contributed by atoms with van der Waals surface area (Å²) in [5.74, 6) is 5.04. The van der Waals surface area contributed by atoms with E-state index in [-0.39, 0.29) is 6.10 Å². The Kier molecular flexibility index (Phi) is 6.79.